The van der Waals surface area contributed by atoms with Crippen molar-refractivity contribution in [2.45, 2.75) is 45.6 Å². The van der Waals surface area contributed by atoms with Crippen molar-refractivity contribution < 1.29 is 4.52 Å². The van der Waals surface area contributed by atoms with Gasteiger partial charge < -0.3 is 9.84 Å². The molecular formula is C13H20N4OS. The molecule has 0 radical (unpaired) electrons. The van der Waals surface area contributed by atoms with E-state index in [0.29, 0.717) is 18.4 Å². The van der Waals surface area contributed by atoms with Crippen molar-refractivity contribution in [2.75, 3.05) is 7.05 Å². The summed E-state index contributed by atoms with van der Waals surface area (Å²) in [7, 11) is 1.97. The molecular weight excluding hydrogens is 260 g/mol. The number of thiazole rings is 1. The van der Waals surface area contributed by atoms with E-state index in [4.69, 9.17) is 4.52 Å². The van der Waals surface area contributed by atoms with Crippen molar-refractivity contribution >= 4 is 11.3 Å². The van der Waals surface area contributed by atoms with Gasteiger partial charge in [-0.25, -0.2) is 4.98 Å². The summed E-state index contributed by atoms with van der Waals surface area (Å²) < 4.78 is 5.30. The van der Waals surface area contributed by atoms with Gasteiger partial charge in [-0.2, -0.15) is 4.98 Å². The van der Waals surface area contributed by atoms with Crippen LogP contribution in [0.15, 0.2) is 9.90 Å². The first-order valence-electron chi connectivity index (χ1n) is 6.61. The average Bonchev–Trinajstić information content (AvgIpc) is 2.99. The Kier molecular flexibility index (Phi) is 5.04. The number of aromatic nitrogens is 3. The number of aryl methyl sites for hydroxylation is 1. The van der Waals surface area contributed by atoms with Gasteiger partial charge in [-0.05, 0) is 20.4 Å². The van der Waals surface area contributed by atoms with Crippen molar-refractivity contribution in [2.24, 2.45) is 0 Å². The van der Waals surface area contributed by atoms with E-state index in [1.54, 1.807) is 11.3 Å². The maximum atomic E-state index is 5.30. The standard InChI is InChI=1S/C13H20N4OS/c1-4-5-10(14-3)6-12-16-11(17-18-12)7-13-15-9(2)8-19-13/h8,10,14H,4-7H2,1-3H3. The summed E-state index contributed by atoms with van der Waals surface area (Å²) in [6.45, 7) is 4.16. The molecule has 2 aromatic heterocycles. The van der Waals surface area contributed by atoms with Crippen LogP contribution < -0.4 is 5.32 Å². The van der Waals surface area contributed by atoms with Gasteiger partial charge in [-0.3, -0.25) is 0 Å². The molecule has 0 spiro atoms. The smallest absolute Gasteiger partial charge is 0.228 e. The van der Waals surface area contributed by atoms with Gasteiger partial charge in [-0.1, -0.05) is 18.5 Å². The Balaban J connectivity index is 1.94. The third-order valence-electron chi connectivity index (χ3n) is 2.95. The van der Waals surface area contributed by atoms with E-state index < -0.39 is 0 Å². The minimum absolute atomic E-state index is 0.403. The Bertz CT molecular complexity index is 508. The van der Waals surface area contributed by atoms with Crippen molar-refractivity contribution in [3.63, 3.8) is 0 Å². The first kappa shape index (κ1) is 14.1. The summed E-state index contributed by atoms with van der Waals surface area (Å²) >= 11 is 1.64. The predicted molar refractivity (Wildman–Crippen MR) is 75.4 cm³/mol. The van der Waals surface area contributed by atoms with E-state index in [-0.39, 0.29) is 0 Å². The zero-order chi connectivity index (χ0) is 13.7. The lowest BCUT2D eigenvalue weighted by molar-refractivity contribution is 0.352. The summed E-state index contributed by atoms with van der Waals surface area (Å²) in [5, 5.41) is 10.4. The lowest BCUT2D eigenvalue weighted by atomic mass is 10.1. The SMILES string of the molecule is CCCC(Cc1nc(Cc2nc(C)cs2)no1)NC. The van der Waals surface area contributed by atoms with Crippen LogP contribution in [0, 0.1) is 6.92 Å². The summed E-state index contributed by atoms with van der Waals surface area (Å²) in [6, 6.07) is 0.403. The summed E-state index contributed by atoms with van der Waals surface area (Å²) in [6.07, 6.45) is 3.69. The molecule has 1 atom stereocenters. The fourth-order valence-electron chi connectivity index (χ4n) is 1.97. The number of hydrogen-bond donors (Lipinski definition) is 1. The molecule has 6 heteroatoms. The second-order valence-corrected chi connectivity index (χ2v) is 5.58. The van der Waals surface area contributed by atoms with Crippen LogP contribution in [0.2, 0.25) is 0 Å². The molecule has 0 saturated heterocycles. The minimum atomic E-state index is 0.403. The third-order valence-corrected chi connectivity index (χ3v) is 3.92. The van der Waals surface area contributed by atoms with Gasteiger partial charge in [0.25, 0.3) is 0 Å². The number of nitrogens with one attached hydrogen (secondary N) is 1. The van der Waals surface area contributed by atoms with Crippen LogP contribution in [0.1, 0.15) is 42.2 Å². The number of rotatable bonds is 7. The van der Waals surface area contributed by atoms with Gasteiger partial charge in [0, 0.05) is 23.5 Å². The Hall–Kier alpha value is -1.27. The number of nitrogens with zero attached hydrogens (tertiary/aromatic N) is 3. The number of likely N-dealkylation sites (N-methyl/N-ethyl adjacent to an activating group) is 1. The van der Waals surface area contributed by atoms with Crippen LogP contribution in [0.5, 0.6) is 0 Å². The molecule has 0 aromatic carbocycles. The van der Waals surface area contributed by atoms with Crippen molar-refractivity contribution in [1.29, 1.82) is 0 Å². The highest BCUT2D eigenvalue weighted by Crippen LogP contribution is 2.13. The lowest BCUT2D eigenvalue weighted by Gasteiger charge is -2.11. The van der Waals surface area contributed by atoms with Crippen LogP contribution in [-0.4, -0.2) is 28.2 Å². The topological polar surface area (TPSA) is 63.8 Å². The maximum absolute atomic E-state index is 5.30. The van der Waals surface area contributed by atoms with Gasteiger partial charge in [-0.15, -0.1) is 11.3 Å². The van der Waals surface area contributed by atoms with Crippen LogP contribution in [0.3, 0.4) is 0 Å². The fraction of sp³-hybridized carbons (Fsp3) is 0.615. The molecule has 0 fully saturated rings. The van der Waals surface area contributed by atoms with Gasteiger partial charge in [0.2, 0.25) is 5.89 Å². The molecule has 0 aliphatic heterocycles. The lowest BCUT2D eigenvalue weighted by Crippen LogP contribution is -2.27. The van der Waals surface area contributed by atoms with Crippen molar-refractivity contribution in [3.05, 3.63) is 27.8 Å². The van der Waals surface area contributed by atoms with Crippen LogP contribution >= 0.6 is 11.3 Å². The van der Waals surface area contributed by atoms with Gasteiger partial charge >= 0.3 is 0 Å². The quantitative estimate of drug-likeness (QED) is 0.843. The van der Waals surface area contributed by atoms with Crippen molar-refractivity contribution in [3.8, 4) is 0 Å². The zero-order valence-electron chi connectivity index (χ0n) is 11.6. The van der Waals surface area contributed by atoms with E-state index in [0.717, 1.165) is 35.8 Å². The van der Waals surface area contributed by atoms with Gasteiger partial charge in [0.1, 0.15) is 5.01 Å². The van der Waals surface area contributed by atoms with Crippen molar-refractivity contribution in [1.82, 2.24) is 20.4 Å². The molecule has 2 aromatic rings. The molecule has 2 rings (SSSR count). The molecule has 0 aliphatic carbocycles. The average molecular weight is 280 g/mol. The highest BCUT2D eigenvalue weighted by atomic mass is 32.1. The number of hydrogen-bond acceptors (Lipinski definition) is 6. The van der Waals surface area contributed by atoms with Crippen LogP contribution in [-0.2, 0) is 12.8 Å². The second kappa shape index (κ2) is 6.77. The Morgan fingerprint density at radius 3 is 2.89 bits per heavy atom. The zero-order valence-corrected chi connectivity index (χ0v) is 12.5. The first-order valence-corrected chi connectivity index (χ1v) is 7.49. The monoisotopic (exact) mass is 280 g/mol. The van der Waals surface area contributed by atoms with E-state index in [1.807, 2.05) is 19.4 Å². The Labute approximate surface area is 117 Å². The molecule has 104 valence electrons. The Morgan fingerprint density at radius 2 is 2.26 bits per heavy atom. The van der Waals surface area contributed by atoms with E-state index in [1.165, 1.54) is 0 Å². The molecule has 1 unspecified atom stereocenters. The van der Waals surface area contributed by atoms with E-state index in [9.17, 15) is 0 Å². The van der Waals surface area contributed by atoms with Crippen LogP contribution in [0.4, 0.5) is 0 Å². The first-order chi connectivity index (χ1) is 9.21. The predicted octanol–water partition coefficient (Wildman–Crippen LogP) is 2.36. The van der Waals surface area contributed by atoms with Gasteiger partial charge in [0.05, 0.1) is 6.42 Å². The third kappa shape index (κ3) is 4.11. The molecule has 2 heterocycles. The molecule has 0 amide bonds. The molecule has 0 saturated carbocycles. The van der Waals surface area contributed by atoms with Crippen LogP contribution in [0.25, 0.3) is 0 Å². The highest BCUT2D eigenvalue weighted by Gasteiger charge is 2.13. The van der Waals surface area contributed by atoms with Gasteiger partial charge in [0.15, 0.2) is 5.82 Å². The molecule has 19 heavy (non-hydrogen) atoms. The summed E-state index contributed by atoms with van der Waals surface area (Å²) in [4.78, 5) is 8.84. The minimum Gasteiger partial charge on any atom is -0.339 e. The van der Waals surface area contributed by atoms with E-state index in [2.05, 4.69) is 27.4 Å². The molecule has 0 aliphatic rings. The largest absolute Gasteiger partial charge is 0.339 e. The second-order valence-electron chi connectivity index (χ2n) is 4.64. The Morgan fingerprint density at radius 1 is 1.42 bits per heavy atom. The molecule has 0 bridgehead atoms. The summed E-state index contributed by atoms with van der Waals surface area (Å²) in [5.41, 5.74) is 1.04. The normalized spacial score (nSPS) is 12.8. The van der Waals surface area contributed by atoms with E-state index >= 15 is 0 Å². The fourth-order valence-corrected chi connectivity index (χ4v) is 2.74. The maximum Gasteiger partial charge on any atom is 0.228 e. The molecule has 5 nitrogen and oxygen atoms in total. The highest BCUT2D eigenvalue weighted by molar-refractivity contribution is 7.09. The molecule has 1 N–H and O–H groups in total. The summed E-state index contributed by atoms with van der Waals surface area (Å²) in [5.74, 6) is 1.42.